The second-order valence-electron chi connectivity index (χ2n) is 7.26. The molecule has 0 spiro atoms. The van der Waals surface area contributed by atoms with Crippen molar-refractivity contribution in [1.82, 2.24) is 0 Å². The van der Waals surface area contributed by atoms with Gasteiger partial charge in [-0.25, -0.2) is 0 Å². The zero-order chi connectivity index (χ0) is 14.2. The van der Waals surface area contributed by atoms with E-state index in [4.69, 9.17) is 0 Å². The van der Waals surface area contributed by atoms with Crippen LogP contribution in [0.3, 0.4) is 0 Å². The van der Waals surface area contributed by atoms with Crippen LogP contribution in [-0.4, -0.2) is 0 Å². The molecule has 0 amide bonds. The molecule has 1 aliphatic carbocycles. The van der Waals surface area contributed by atoms with Crippen LogP contribution in [0.25, 0.3) is 0 Å². The van der Waals surface area contributed by atoms with Gasteiger partial charge in [0, 0.05) is 0 Å². The van der Waals surface area contributed by atoms with Crippen LogP contribution in [0.15, 0.2) is 30.3 Å². The lowest BCUT2D eigenvalue weighted by Gasteiger charge is -2.27. The van der Waals surface area contributed by atoms with Crippen molar-refractivity contribution in [3.05, 3.63) is 35.9 Å². The molecule has 112 valence electrons. The maximum absolute atomic E-state index is 2.39. The first-order chi connectivity index (χ1) is 9.74. The Morgan fingerprint density at radius 1 is 1.00 bits per heavy atom. The Bertz CT molecular complexity index is 346. The largest absolute Gasteiger partial charge is 0.0628 e. The highest BCUT2D eigenvalue weighted by Crippen LogP contribution is 2.33. The lowest BCUT2D eigenvalue weighted by molar-refractivity contribution is 0.254. The minimum atomic E-state index is 0.847. The Morgan fingerprint density at radius 3 is 2.35 bits per heavy atom. The van der Waals surface area contributed by atoms with Gasteiger partial charge < -0.3 is 0 Å². The van der Waals surface area contributed by atoms with Crippen molar-refractivity contribution in [3.8, 4) is 0 Å². The van der Waals surface area contributed by atoms with Crippen LogP contribution in [0.2, 0.25) is 0 Å². The van der Waals surface area contributed by atoms with Gasteiger partial charge >= 0.3 is 0 Å². The third-order valence-electron chi connectivity index (χ3n) is 4.88. The summed E-state index contributed by atoms with van der Waals surface area (Å²) >= 11 is 0. The van der Waals surface area contributed by atoms with Crippen molar-refractivity contribution < 1.29 is 0 Å². The molecule has 0 nitrogen and oxygen atoms in total. The highest BCUT2D eigenvalue weighted by molar-refractivity contribution is 5.14. The van der Waals surface area contributed by atoms with E-state index in [9.17, 15) is 0 Å². The summed E-state index contributed by atoms with van der Waals surface area (Å²) in [4.78, 5) is 0. The third kappa shape index (κ3) is 5.69. The third-order valence-corrected chi connectivity index (χ3v) is 4.88. The zero-order valence-corrected chi connectivity index (χ0v) is 13.5. The number of benzene rings is 1. The summed E-state index contributed by atoms with van der Waals surface area (Å²) in [6.45, 7) is 4.77. The van der Waals surface area contributed by atoms with Crippen molar-refractivity contribution in [2.45, 2.75) is 71.6 Å². The molecular weight excluding hydrogens is 240 g/mol. The van der Waals surface area contributed by atoms with Gasteiger partial charge in [0.05, 0.1) is 0 Å². The second kappa shape index (κ2) is 8.49. The molecule has 1 aromatic carbocycles. The van der Waals surface area contributed by atoms with Gasteiger partial charge in [0.25, 0.3) is 0 Å². The molecule has 1 fully saturated rings. The predicted octanol–water partition coefficient (Wildman–Crippen LogP) is 6.25. The average Bonchev–Trinajstić information content (AvgIpc) is 2.46. The van der Waals surface area contributed by atoms with E-state index in [0.717, 1.165) is 17.8 Å². The Balaban J connectivity index is 1.82. The van der Waals surface area contributed by atoms with Crippen molar-refractivity contribution >= 4 is 0 Å². The summed E-state index contributed by atoms with van der Waals surface area (Å²) in [6, 6.07) is 11.0. The highest BCUT2D eigenvalue weighted by atomic mass is 14.3. The van der Waals surface area contributed by atoms with Crippen LogP contribution < -0.4 is 0 Å². The molecule has 20 heavy (non-hydrogen) atoms. The summed E-state index contributed by atoms with van der Waals surface area (Å²) in [6.07, 6.45) is 13.0. The topological polar surface area (TPSA) is 0 Å². The molecule has 1 saturated carbocycles. The van der Waals surface area contributed by atoms with Crippen LogP contribution in [0, 0.1) is 17.8 Å². The van der Waals surface area contributed by atoms with Crippen molar-refractivity contribution in [1.29, 1.82) is 0 Å². The minimum Gasteiger partial charge on any atom is -0.0628 e. The number of rotatable bonds is 7. The molecular formula is C20H32. The van der Waals surface area contributed by atoms with E-state index in [2.05, 4.69) is 44.2 Å². The van der Waals surface area contributed by atoms with Crippen LogP contribution in [-0.2, 0) is 6.42 Å². The number of aryl methyl sites for hydroxylation is 1. The highest BCUT2D eigenvalue weighted by Gasteiger charge is 2.19. The Morgan fingerprint density at radius 2 is 1.70 bits per heavy atom. The van der Waals surface area contributed by atoms with Crippen molar-refractivity contribution in [2.24, 2.45) is 17.8 Å². The van der Waals surface area contributed by atoms with Gasteiger partial charge in [-0.15, -0.1) is 0 Å². The molecule has 0 radical (unpaired) electrons. The maximum atomic E-state index is 2.39. The molecule has 0 N–H and O–H groups in total. The number of hydrogen-bond donors (Lipinski definition) is 0. The van der Waals surface area contributed by atoms with Gasteiger partial charge in [0.15, 0.2) is 0 Å². The van der Waals surface area contributed by atoms with Gasteiger partial charge in [-0.3, -0.25) is 0 Å². The predicted molar refractivity (Wildman–Crippen MR) is 88.9 cm³/mol. The molecule has 0 aromatic heterocycles. The van der Waals surface area contributed by atoms with E-state index in [1.807, 2.05) is 0 Å². The van der Waals surface area contributed by atoms with E-state index < -0.39 is 0 Å². The lowest BCUT2D eigenvalue weighted by atomic mass is 9.78. The van der Waals surface area contributed by atoms with Gasteiger partial charge in [-0.2, -0.15) is 0 Å². The minimum absolute atomic E-state index is 0.847. The van der Waals surface area contributed by atoms with E-state index in [1.165, 1.54) is 63.4 Å². The molecule has 1 aromatic rings. The molecule has 1 unspecified atom stereocenters. The summed E-state index contributed by atoms with van der Waals surface area (Å²) in [5, 5.41) is 0. The second-order valence-corrected chi connectivity index (χ2v) is 7.26. The normalized spacial score (nSPS) is 18.4. The lowest BCUT2D eigenvalue weighted by Crippen LogP contribution is -2.15. The van der Waals surface area contributed by atoms with E-state index in [1.54, 1.807) is 0 Å². The number of hydrogen-bond acceptors (Lipinski definition) is 0. The quantitative estimate of drug-likeness (QED) is 0.550. The van der Waals surface area contributed by atoms with Crippen LogP contribution in [0.4, 0.5) is 0 Å². The molecule has 0 bridgehead atoms. The van der Waals surface area contributed by atoms with Crippen molar-refractivity contribution in [2.75, 3.05) is 0 Å². The van der Waals surface area contributed by atoms with E-state index >= 15 is 0 Å². The fourth-order valence-corrected chi connectivity index (χ4v) is 3.91. The summed E-state index contributed by atoms with van der Waals surface area (Å²) in [5.74, 6) is 2.82. The summed E-state index contributed by atoms with van der Waals surface area (Å²) < 4.78 is 0. The SMILES string of the molecule is CC(C)CC(CCc1ccccc1)CC1CCCCC1. The van der Waals surface area contributed by atoms with Gasteiger partial charge in [0.2, 0.25) is 0 Å². The standard InChI is InChI=1S/C20H32/c1-17(2)15-20(16-19-11-7-4-8-12-19)14-13-18-9-5-3-6-10-18/h3,5-6,9-10,17,19-20H,4,7-8,11-16H2,1-2H3. The van der Waals surface area contributed by atoms with Crippen molar-refractivity contribution in [3.63, 3.8) is 0 Å². The monoisotopic (exact) mass is 272 g/mol. The Labute approximate surface area is 126 Å². The Kier molecular flexibility index (Phi) is 6.63. The Hall–Kier alpha value is -0.780. The molecule has 2 rings (SSSR count). The first-order valence-electron chi connectivity index (χ1n) is 8.78. The molecule has 0 heteroatoms. The fourth-order valence-electron chi connectivity index (χ4n) is 3.91. The van der Waals surface area contributed by atoms with Gasteiger partial charge in [0.1, 0.15) is 0 Å². The van der Waals surface area contributed by atoms with Crippen LogP contribution >= 0.6 is 0 Å². The molecule has 0 heterocycles. The molecule has 1 atom stereocenters. The van der Waals surface area contributed by atoms with Gasteiger partial charge in [-0.1, -0.05) is 76.3 Å². The first-order valence-corrected chi connectivity index (χ1v) is 8.78. The van der Waals surface area contributed by atoms with Gasteiger partial charge in [-0.05, 0) is 49.0 Å². The van der Waals surface area contributed by atoms with Crippen LogP contribution in [0.5, 0.6) is 0 Å². The zero-order valence-electron chi connectivity index (χ0n) is 13.5. The maximum Gasteiger partial charge on any atom is -0.0276 e. The fraction of sp³-hybridized carbons (Fsp3) is 0.700. The molecule has 0 aliphatic heterocycles. The van der Waals surface area contributed by atoms with E-state index in [-0.39, 0.29) is 0 Å². The van der Waals surface area contributed by atoms with E-state index in [0.29, 0.717) is 0 Å². The molecule has 0 saturated heterocycles. The van der Waals surface area contributed by atoms with Crippen LogP contribution in [0.1, 0.15) is 70.8 Å². The summed E-state index contributed by atoms with van der Waals surface area (Å²) in [5.41, 5.74) is 1.52. The molecule has 1 aliphatic rings. The first kappa shape index (κ1) is 15.6. The average molecular weight is 272 g/mol. The summed E-state index contributed by atoms with van der Waals surface area (Å²) in [7, 11) is 0. The smallest absolute Gasteiger partial charge is 0.0276 e.